The van der Waals surface area contributed by atoms with Gasteiger partial charge < -0.3 is 11.1 Å². The summed E-state index contributed by atoms with van der Waals surface area (Å²) in [5.41, 5.74) is 3.62. The fraction of sp³-hybridized carbons (Fsp3) is 0. The third-order valence-corrected chi connectivity index (χ3v) is 2.57. The van der Waals surface area contributed by atoms with E-state index >= 15 is 0 Å². The number of nitrogens with two attached hydrogens (primary N) is 1. The summed E-state index contributed by atoms with van der Waals surface area (Å²) in [4.78, 5) is 26.0. The molecule has 21 heavy (non-hydrogen) atoms. The quantitative estimate of drug-likeness (QED) is 0.906. The van der Waals surface area contributed by atoms with E-state index in [1.807, 2.05) is 0 Å². The van der Waals surface area contributed by atoms with Crippen LogP contribution in [0.4, 0.5) is 18.9 Å². The highest BCUT2D eigenvalue weighted by Gasteiger charge is 2.18. The van der Waals surface area contributed by atoms with E-state index in [1.54, 1.807) is 0 Å². The average molecular weight is 295 g/mol. The number of nitrogens with one attached hydrogen (secondary N) is 1. The lowest BCUT2D eigenvalue weighted by molar-refractivity contribution is 0.0991. The van der Waals surface area contributed by atoms with E-state index in [9.17, 15) is 22.8 Å². The summed E-state index contributed by atoms with van der Waals surface area (Å²) in [7, 11) is 0. The Bertz CT molecular complexity index is 714. The van der Waals surface area contributed by atoms with E-state index in [1.165, 1.54) is 0 Å². The van der Waals surface area contributed by atoms with Crippen LogP contribution in [0, 0.1) is 17.5 Å². The SMILES string of the molecule is NC(=O)c1cc(NC(=O)c2c(F)cncc2F)ccc1F. The van der Waals surface area contributed by atoms with E-state index in [0.717, 1.165) is 18.2 Å². The minimum atomic E-state index is -1.15. The molecule has 1 heterocycles. The number of carbonyl (C=O) groups is 2. The number of nitrogens with zero attached hydrogens (tertiary/aromatic N) is 1. The number of hydrogen-bond acceptors (Lipinski definition) is 3. The first-order valence-electron chi connectivity index (χ1n) is 5.60. The molecule has 0 fully saturated rings. The zero-order valence-electron chi connectivity index (χ0n) is 10.4. The van der Waals surface area contributed by atoms with E-state index < -0.39 is 40.4 Å². The molecule has 8 heteroatoms. The Hall–Kier alpha value is -2.90. The Morgan fingerprint density at radius 1 is 1.05 bits per heavy atom. The van der Waals surface area contributed by atoms with Gasteiger partial charge in [-0.15, -0.1) is 0 Å². The molecular formula is C13H8F3N3O2. The molecular weight excluding hydrogens is 287 g/mol. The van der Waals surface area contributed by atoms with Gasteiger partial charge in [-0.3, -0.25) is 14.6 Å². The number of rotatable bonds is 3. The monoisotopic (exact) mass is 295 g/mol. The van der Waals surface area contributed by atoms with Gasteiger partial charge in [-0.2, -0.15) is 0 Å². The molecule has 5 nitrogen and oxygen atoms in total. The van der Waals surface area contributed by atoms with Crippen LogP contribution in [0.25, 0.3) is 0 Å². The second-order valence-electron chi connectivity index (χ2n) is 3.99. The van der Waals surface area contributed by atoms with E-state index in [2.05, 4.69) is 10.3 Å². The minimum Gasteiger partial charge on any atom is -0.366 e. The predicted octanol–water partition coefficient (Wildman–Crippen LogP) is 1.85. The number of benzene rings is 1. The highest BCUT2D eigenvalue weighted by Crippen LogP contribution is 2.17. The number of halogens is 3. The molecule has 2 amide bonds. The molecule has 108 valence electrons. The van der Waals surface area contributed by atoms with Gasteiger partial charge in [0.05, 0.1) is 18.0 Å². The maximum Gasteiger partial charge on any atom is 0.261 e. The highest BCUT2D eigenvalue weighted by atomic mass is 19.1. The molecule has 0 bridgehead atoms. The van der Waals surface area contributed by atoms with Crippen LogP contribution in [0.5, 0.6) is 0 Å². The first kappa shape index (κ1) is 14.5. The van der Waals surface area contributed by atoms with Crippen LogP contribution in [0.3, 0.4) is 0 Å². The fourth-order valence-electron chi connectivity index (χ4n) is 1.61. The number of anilines is 1. The van der Waals surface area contributed by atoms with Crippen LogP contribution in [0.1, 0.15) is 20.7 Å². The van der Waals surface area contributed by atoms with Crippen molar-refractivity contribution in [3.05, 3.63) is 59.2 Å². The lowest BCUT2D eigenvalue weighted by atomic mass is 10.1. The molecule has 0 saturated carbocycles. The number of aromatic nitrogens is 1. The van der Waals surface area contributed by atoms with Gasteiger partial charge in [-0.1, -0.05) is 0 Å². The Morgan fingerprint density at radius 3 is 2.24 bits per heavy atom. The fourth-order valence-corrected chi connectivity index (χ4v) is 1.61. The second-order valence-corrected chi connectivity index (χ2v) is 3.99. The standard InChI is InChI=1S/C13H8F3N3O2/c14-8-2-1-6(3-7(8)12(17)20)19-13(21)11-9(15)4-18-5-10(11)16/h1-5H,(H2,17,20)(H,19,21). The first-order valence-corrected chi connectivity index (χ1v) is 5.60. The number of primary amides is 1. The molecule has 1 aromatic carbocycles. The number of pyridine rings is 1. The average Bonchev–Trinajstić information content (AvgIpc) is 2.40. The van der Waals surface area contributed by atoms with E-state index in [-0.39, 0.29) is 5.69 Å². The van der Waals surface area contributed by atoms with E-state index in [4.69, 9.17) is 5.73 Å². The molecule has 3 N–H and O–H groups in total. The van der Waals surface area contributed by atoms with Crippen LogP contribution < -0.4 is 11.1 Å². The Labute approximate surface area is 116 Å². The number of hydrogen-bond donors (Lipinski definition) is 2. The molecule has 0 aliphatic rings. The molecule has 0 radical (unpaired) electrons. The van der Waals surface area contributed by atoms with Crippen molar-refractivity contribution in [1.82, 2.24) is 4.98 Å². The third kappa shape index (κ3) is 2.99. The summed E-state index contributed by atoms with van der Waals surface area (Å²) in [6, 6.07) is 2.98. The van der Waals surface area contributed by atoms with Gasteiger partial charge in [0.1, 0.15) is 11.4 Å². The van der Waals surface area contributed by atoms with Crippen LogP contribution in [0.15, 0.2) is 30.6 Å². The van der Waals surface area contributed by atoms with Crippen LogP contribution in [-0.4, -0.2) is 16.8 Å². The molecule has 1 aromatic heterocycles. The summed E-state index contributed by atoms with van der Waals surface area (Å²) >= 11 is 0. The second kappa shape index (κ2) is 5.61. The third-order valence-electron chi connectivity index (χ3n) is 2.57. The van der Waals surface area contributed by atoms with Crippen molar-refractivity contribution in [2.45, 2.75) is 0 Å². The van der Waals surface area contributed by atoms with Crippen molar-refractivity contribution in [2.24, 2.45) is 5.73 Å². The van der Waals surface area contributed by atoms with Crippen LogP contribution in [0.2, 0.25) is 0 Å². The molecule has 0 unspecified atom stereocenters. The molecule has 0 aliphatic carbocycles. The van der Waals surface area contributed by atoms with Gasteiger partial charge in [0.25, 0.3) is 11.8 Å². The Kier molecular flexibility index (Phi) is 3.88. The smallest absolute Gasteiger partial charge is 0.261 e. The molecule has 0 aliphatic heterocycles. The number of carbonyl (C=O) groups excluding carboxylic acids is 2. The molecule has 0 saturated heterocycles. The summed E-state index contributed by atoms with van der Waals surface area (Å²) in [5.74, 6) is -5.31. The molecule has 0 atom stereocenters. The summed E-state index contributed by atoms with van der Waals surface area (Å²) in [6.45, 7) is 0. The van der Waals surface area contributed by atoms with Gasteiger partial charge >= 0.3 is 0 Å². The van der Waals surface area contributed by atoms with Gasteiger partial charge in [0.2, 0.25) is 0 Å². The summed E-state index contributed by atoms with van der Waals surface area (Å²) in [6.07, 6.45) is 1.36. The van der Waals surface area contributed by atoms with Crippen molar-refractivity contribution in [3.63, 3.8) is 0 Å². The topological polar surface area (TPSA) is 85.1 Å². The highest BCUT2D eigenvalue weighted by molar-refractivity contribution is 6.05. The molecule has 0 spiro atoms. The van der Waals surface area contributed by atoms with Crippen molar-refractivity contribution < 1.29 is 22.8 Å². The van der Waals surface area contributed by atoms with Gasteiger partial charge in [0.15, 0.2) is 11.6 Å². The number of amides is 2. The normalized spacial score (nSPS) is 10.2. The van der Waals surface area contributed by atoms with Crippen molar-refractivity contribution in [2.75, 3.05) is 5.32 Å². The summed E-state index contributed by atoms with van der Waals surface area (Å²) < 4.78 is 40.0. The largest absolute Gasteiger partial charge is 0.366 e. The zero-order valence-corrected chi connectivity index (χ0v) is 10.4. The predicted molar refractivity (Wildman–Crippen MR) is 67.0 cm³/mol. The molecule has 2 rings (SSSR count). The Morgan fingerprint density at radius 2 is 1.67 bits per heavy atom. The molecule has 2 aromatic rings. The lowest BCUT2D eigenvalue weighted by Crippen LogP contribution is -2.18. The van der Waals surface area contributed by atoms with Gasteiger partial charge in [-0.25, -0.2) is 13.2 Å². The summed E-state index contributed by atoms with van der Waals surface area (Å²) in [5, 5.41) is 2.14. The van der Waals surface area contributed by atoms with E-state index in [0.29, 0.717) is 12.4 Å². The van der Waals surface area contributed by atoms with Gasteiger partial charge in [-0.05, 0) is 18.2 Å². The van der Waals surface area contributed by atoms with Crippen molar-refractivity contribution in [3.8, 4) is 0 Å². The maximum absolute atomic E-state index is 13.4. The van der Waals surface area contributed by atoms with Crippen LogP contribution >= 0.6 is 0 Å². The lowest BCUT2D eigenvalue weighted by Gasteiger charge is -2.08. The van der Waals surface area contributed by atoms with Crippen LogP contribution in [-0.2, 0) is 0 Å². The van der Waals surface area contributed by atoms with Crippen molar-refractivity contribution in [1.29, 1.82) is 0 Å². The zero-order chi connectivity index (χ0) is 15.6. The van der Waals surface area contributed by atoms with Crippen molar-refractivity contribution >= 4 is 17.5 Å². The van der Waals surface area contributed by atoms with Gasteiger partial charge in [0, 0.05) is 5.69 Å². The minimum absolute atomic E-state index is 0.0363. The Balaban J connectivity index is 2.32. The maximum atomic E-state index is 13.4. The first-order chi connectivity index (χ1) is 9.90.